The highest BCUT2D eigenvalue weighted by atomic mass is 32.2. The molecule has 108 valence electrons. The highest BCUT2D eigenvalue weighted by Crippen LogP contribution is 2.25. The molecule has 1 aliphatic rings. The van der Waals surface area contributed by atoms with Gasteiger partial charge in [0.05, 0.1) is 24.5 Å². The summed E-state index contributed by atoms with van der Waals surface area (Å²) in [7, 11) is -3.61. The maximum absolute atomic E-state index is 12.3. The Hall–Kier alpha value is -1.45. The van der Waals surface area contributed by atoms with E-state index in [0.29, 0.717) is 24.7 Å². The predicted molar refractivity (Wildman–Crippen MR) is 74.4 cm³/mol. The molecular formula is C11H14N4O3S2. The van der Waals surface area contributed by atoms with Crippen LogP contribution in [0.2, 0.25) is 0 Å². The topological polar surface area (TPSA) is 86.1 Å². The minimum Gasteiger partial charge on any atom is -0.379 e. The molecule has 3 heterocycles. The smallest absolute Gasteiger partial charge is 0.274 e. The molecule has 0 saturated carbocycles. The molecule has 7 nitrogen and oxygen atoms in total. The summed E-state index contributed by atoms with van der Waals surface area (Å²) in [5.41, 5.74) is 0.688. The summed E-state index contributed by atoms with van der Waals surface area (Å²) in [6.07, 6.45) is 2.41. The fraction of sp³-hybridized carbons (Fsp3) is 0.455. The number of sulfonamides is 1. The third-order valence-electron chi connectivity index (χ3n) is 3.03. The van der Waals surface area contributed by atoms with Gasteiger partial charge in [-0.05, 0) is 30.9 Å². The molecule has 0 aromatic carbocycles. The van der Waals surface area contributed by atoms with Gasteiger partial charge in [-0.2, -0.15) is 9.47 Å². The maximum atomic E-state index is 12.3. The van der Waals surface area contributed by atoms with Gasteiger partial charge >= 0.3 is 0 Å². The number of aryl methyl sites for hydroxylation is 1. The molecule has 2 aromatic rings. The molecule has 1 atom stereocenters. The fourth-order valence-corrected chi connectivity index (χ4v) is 4.06. The number of anilines is 1. The number of nitrogens with one attached hydrogen (secondary N) is 1. The molecule has 0 amide bonds. The zero-order valence-corrected chi connectivity index (χ0v) is 12.4. The minimum atomic E-state index is -3.61. The van der Waals surface area contributed by atoms with Crippen LogP contribution in [0.15, 0.2) is 22.5 Å². The Morgan fingerprint density at radius 3 is 3.05 bits per heavy atom. The fourth-order valence-electron chi connectivity index (χ4n) is 2.06. The zero-order chi connectivity index (χ0) is 14.2. The molecule has 1 fully saturated rings. The molecule has 1 saturated heterocycles. The van der Waals surface area contributed by atoms with Gasteiger partial charge in [-0.15, -0.1) is 0 Å². The van der Waals surface area contributed by atoms with Crippen molar-refractivity contribution in [3.63, 3.8) is 0 Å². The van der Waals surface area contributed by atoms with Crippen molar-refractivity contribution in [1.82, 2.24) is 14.2 Å². The van der Waals surface area contributed by atoms with E-state index in [0.717, 1.165) is 18.0 Å². The SMILES string of the molecule is Cc1cc(S(=O)(=O)Nc2ccnn2C2CCOC2)sn1. The van der Waals surface area contributed by atoms with Gasteiger partial charge in [0, 0.05) is 12.7 Å². The van der Waals surface area contributed by atoms with Crippen LogP contribution in [-0.4, -0.2) is 35.8 Å². The van der Waals surface area contributed by atoms with Crippen LogP contribution in [0.25, 0.3) is 0 Å². The molecule has 9 heteroatoms. The van der Waals surface area contributed by atoms with Gasteiger partial charge in [0.2, 0.25) is 0 Å². The van der Waals surface area contributed by atoms with E-state index < -0.39 is 10.0 Å². The van der Waals surface area contributed by atoms with Crippen molar-refractivity contribution in [2.75, 3.05) is 17.9 Å². The molecule has 3 rings (SSSR count). The summed E-state index contributed by atoms with van der Waals surface area (Å²) >= 11 is 0.962. The number of nitrogens with zero attached hydrogens (tertiary/aromatic N) is 3. The normalized spacial score (nSPS) is 19.4. The van der Waals surface area contributed by atoms with E-state index in [-0.39, 0.29) is 10.3 Å². The first-order valence-corrected chi connectivity index (χ1v) is 8.39. The van der Waals surface area contributed by atoms with Gasteiger partial charge in [-0.3, -0.25) is 4.72 Å². The second kappa shape index (κ2) is 5.15. The summed E-state index contributed by atoms with van der Waals surface area (Å²) < 4.78 is 38.3. The van der Waals surface area contributed by atoms with E-state index >= 15 is 0 Å². The van der Waals surface area contributed by atoms with Gasteiger partial charge in [0.25, 0.3) is 10.0 Å². The van der Waals surface area contributed by atoms with Crippen LogP contribution >= 0.6 is 11.5 Å². The molecule has 0 aliphatic carbocycles. The van der Waals surface area contributed by atoms with E-state index in [9.17, 15) is 8.42 Å². The first kappa shape index (κ1) is 13.5. The van der Waals surface area contributed by atoms with Crippen LogP contribution in [0, 0.1) is 6.92 Å². The van der Waals surface area contributed by atoms with Crippen LogP contribution in [0.3, 0.4) is 0 Å². The van der Waals surface area contributed by atoms with E-state index in [1.54, 1.807) is 29.9 Å². The number of hydrogen-bond acceptors (Lipinski definition) is 6. The van der Waals surface area contributed by atoms with Crippen molar-refractivity contribution < 1.29 is 13.2 Å². The third kappa shape index (κ3) is 2.56. The molecule has 0 bridgehead atoms. The van der Waals surface area contributed by atoms with E-state index in [4.69, 9.17) is 4.74 Å². The van der Waals surface area contributed by atoms with Gasteiger partial charge in [-0.25, -0.2) is 13.1 Å². The summed E-state index contributed by atoms with van der Waals surface area (Å²) in [4.78, 5) is 0. The second-order valence-corrected chi connectivity index (χ2v) is 7.29. The van der Waals surface area contributed by atoms with Crippen LogP contribution in [0.1, 0.15) is 18.2 Å². The van der Waals surface area contributed by atoms with E-state index in [1.165, 1.54) is 0 Å². The lowest BCUT2D eigenvalue weighted by atomic mass is 10.3. The number of aromatic nitrogens is 3. The molecule has 1 N–H and O–H groups in total. The van der Waals surface area contributed by atoms with E-state index in [2.05, 4.69) is 14.2 Å². The second-order valence-electron chi connectivity index (χ2n) is 4.57. The third-order valence-corrected chi connectivity index (χ3v) is 5.72. The lowest BCUT2D eigenvalue weighted by molar-refractivity contribution is 0.185. The zero-order valence-electron chi connectivity index (χ0n) is 10.8. The highest BCUT2D eigenvalue weighted by molar-refractivity contribution is 7.94. The van der Waals surface area contributed by atoms with Crippen molar-refractivity contribution >= 4 is 27.4 Å². The predicted octanol–water partition coefficient (Wildman–Crippen LogP) is 1.41. The average molecular weight is 314 g/mol. The van der Waals surface area contributed by atoms with Crippen molar-refractivity contribution in [3.05, 3.63) is 24.0 Å². The van der Waals surface area contributed by atoms with Crippen LogP contribution < -0.4 is 4.72 Å². The van der Waals surface area contributed by atoms with Gasteiger partial charge < -0.3 is 4.74 Å². The lowest BCUT2D eigenvalue weighted by Crippen LogP contribution is -2.18. The molecule has 2 aromatic heterocycles. The maximum Gasteiger partial charge on any atom is 0.274 e. The molecular weight excluding hydrogens is 300 g/mol. The number of hydrogen-bond donors (Lipinski definition) is 1. The monoisotopic (exact) mass is 314 g/mol. The van der Waals surface area contributed by atoms with Gasteiger partial charge in [0.1, 0.15) is 5.82 Å². The summed E-state index contributed by atoms with van der Waals surface area (Å²) in [5, 5.41) is 4.18. The first-order valence-electron chi connectivity index (χ1n) is 6.14. The molecule has 0 spiro atoms. The number of rotatable bonds is 4. The lowest BCUT2D eigenvalue weighted by Gasteiger charge is -2.13. The van der Waals surface area contributed by atoms with Crippen molar-refractivity contribution in [2.24, 2.45) is 0 Å². The molecule has 1 aliphatic heterocycles. The quantitative estimate of drug-likeness (QED) is 0.922. The Kier molecular flexibility index (Phi) is 3.48. The Labute approximate surface area is 120 Å². The summed E-state index contributed by atoms with van der Waals surface area (Å²) in [5.74, 6) is 0.451. The Morgan fingerprint density at radius 2 is 2.40 bits per heavy atom. The van der Waals surface area contributed by atoms with Crippen LogP contribution in [0.4, 0.5) is 5.82 Å². The van der Waals surface area contributed by atoms with Crippen molar-refractivity contribution in [3.8, 4) is 0 Å². The summed E-state index contributed by atoms with van der Waals surface area (Å²) in [6, 6.07) is 3.27. The van der Waals surface area contributed by atoms with Gasteiger partial charge in [0.15, 0.2) is 4.21 Å². The first-order chi connectivity index (χ1) is 9.56. The van der Waals surface area contributed by atoms with Crippen molar-refractivity contribution in [1.29, 1.82) is 0 Å². The Bertz CT molecular complexity index is 701. The largest absolute Gasteiger partial charge is 0.379 e. The Morgan fingerprint density at radius 1 is 1.55 bits per heavy atom. The van der Waals surface area contributed by atoms with Crippen LogP contribution in [-0.2, 0) is 14.8 Å². The standard InChI is InChI=1S/C11H14N4O3S2/c1-8-6-11(19-13-8)20(16,17)14-10-2-4-12-15(10)9-3-5-18-7-9/h2,4,6,9,14H,3,5,7H2,1H3. The minimum absolute atomic E-state index is 0.0749. The Balaban J connectivity index is 1.86. The van der Waals surface area contributed by atoms with E-state index in [1.807, 2.05) is 0 Å². The average Bonchev–Trinajstić information content (AvgIpc) is 3.07. The molecule has 1 unspecified atom stereocenters. The molecule has 0 radical (unpaired) electrons. The highest BCUT2D eigenvalue weighted by Gasteiger charge is 2.24. The molecule has 20 heavy (non-hydrogen) atoms. The number of ether oxygens (including phenoxy) is 1. The summed E-state index contributed by atoms with van der Waals surface area (Å²) in [6.45, 7) is 2.98. The van der Waals surface area contributed by atoms with Gasteiger partial charge in [-0.1, -0.05) is 0 Å². The van der Waals surface area contributed by atoms with Crippen molar-refractivity contribution in [2.45, 2.75) is 23.6 Å². The van der Waals surface area contributed by atoms with Crippen LogP contribution in [0.5, 0.6) is 0 Å².